The van der Waals surface area contributed by atoms with Gasteiger partial charge in [-0.15, -0.1) is 0 Å². The third-order valence-electron chi connectivity index (χ3n) is 6.11. The van der Waals surface area contributed by atoms with Gasteiger partial charge in [-0.25, -0.2) is 8.42 Å². The van der Waals surface area contributed by atoms with Crippen LogP contribution in [0.4, 0.5) is 5.69 Å². The molecule has 4 rings (SSSR count). The van der Waals surface area contributed by atoms with Crippen LogP contribution >= 0.6 is 0 Å². The maximum absolute atomic E-state index is 13.5. The highest BCUT2D eigenvalue weighted by Gasteiger charge is 2.37. The fourth-order valence-electron chi connectivity index (χ4n) is 4.35. The molecule has 1 saturated heterocycles. The summed E-state index contributed by atoms with van der Waals surface area (Å²) in [4.78, 5) is 17.2. The van der Waals surface area contributed by atoms with E-state index in [1.807, 2.05) is 25.1 Å². The summed E-state index contributed by atoms with van der Waals surface area (Å²) < 4.78 is 35.9. The Morgan fingerprint density at radius 3 is 2.65 bits per heavy atom. The lowest BCUT2D eigenvalue weighted by atomic mass is 10.1. The van der Waals surface area contributed by atoms with E-state index < -0.39 is 16.2 Å². The van der Waals surface area contributed by atoms with Crippen LogP contribution in [0.15, 0.2) is 41.9 Å². The molecule has 34 heavy (non-hydrogen) atoms. The zero-order valence-electron chi connectivity index (χ0n) is 19.9. The number of anilines is 1. The van der Waals surface area contributed by atoms with E-state index in [0.29, 0.717) is 55.4 Å². The minimum atomic E-state index is -3.70. The molecule has 1 unspecified atom stereocenters. The number of nitrogens with zero attached hydrogens (tertiary/aromatic N) is 5. The number of nitrogens with one attached hydrogen (secondary N) is 1. The van der Waals surface area contributed by atoms with Crippen LogP contribution in [-0.2, 0) is 17.1 Å². The van der Waals surface area contributed by atoms with Crippen LogP contribution in [0.3, 0.4) is 0 Å². The van der Waals surface area contributed by atoms with Crippen molar-refractivity contribution < 1.29 is 17.9 Å². The largest absolute Gasteiger partial charge is 0.489 e. The Balaban J connectivity index is 1.78. The number of carbonyl (C=O) groups is 1. The van der Waals surface area contributed by atoms with Crippen LogP contribution in [0.2, 0.25) is 0 Å². The van der Waals surface area contributed by atoms with Crippen LogP contribution in [0.1, 0.15) is 35.6 Å². The van der Waals surface area contributed by atoms with Crippen molar-refractivity contribution in [1.29, 1.82) is 0 Å². The fourth-order valence-corrected chi connectivity index (χ4v) is 5.81. The molecule has 0 aliphatic carbocycles. The Morgan fingerprint density at radius 1 is 1.24 bits per heavy atom. The van der Waals surface area contributed by atoms with Crippen LogP contribution < -0.4 is 15.0 Å². The number of fused-ring (bicyclic) bond motifs is 1. The maximum atomic E-state index is 13.5. The number of ether oxygens (including phenoxy) is 1. The molecule has 1 aromatic carbocycles. The van der Waals surface area contributed by atoms with Gasteiger partial charge in [0.15, 0.2) is 5.69 Å². The number of amides is 1. The van der Waals surface area contributed by atoms with Crippen LogP contribution in [0.5, 0.6) is 5.75 Å². The topological polar surface area (TPSA) is 100 Å². The van der Waals surface area contributed by atoms with Gasteiger partial charge in [-0.05, 0) is 31.7 Å². The van der Waals surface area contributed by atoms with Gasteiger partial charge in [-0.2, -0.15) is 9.40 Å². The SMILES string of the molecule is C=CCOc1ccc(S(=O)(=O)N2CCN(C)CC2)cc1C1NC(=O)c2nn(C)cc2N1CCC. The van der Waals surface area contributed by atoms with Crippen LogP contribution in [0, 0.1) is 0 Å². The van der Waals surface area contributed by atoms with E-state index in [-0.39, 0.29) is 17.4 Å². The first-order chi connectivity index (χ1) is 16.3. The van der Waals surface area contributed by atoms with Crippen molar-refractivity contribution >= 4 is 21.6 Å². The van der Waals surface area contributed by atoms with Gasteiger partial charge in [0.2, 0.25) is 10.0 Å². The molecular weight excluding hydrogens is 456 g/mol. The minimum absolute atomic E-state index is 0.181. The van der Waals surface area contributed by atoms with Crippen molar-refractivity contribution in [2.45, 2.75) is 24.4 Å². The number of hydrogen-bond donors (Lipinski definition) is 1. The van der Waals surface area contributed by atoms with E-state index in [4.69, 9.17) is 4.74 Å². The van der Waals surface area contributed by atoms with E-state index in [2.05, 4.69) is 21.9 Å². The quantitative estimate of drug-likeness (QED) is 0.563. The highest BCUT2D eigenvalue weighted by Crippen LogP contribution is 2.38. The third-order valence-corrected chi connectivity index (χ3v) is 8.01. The van der Waals surface area contributed by atoms with E-state index >= 15 is 0 Å². The molecule has 1 fully saturated rings. The highest BCUT2D eigenvalue weighted by molar-refractivity contribution is 7.89. The minimum Gasteiger partial charge on any atom is -0.489 e. The maximum Gasteiger partial charge on any atom is 0.275 e. The van der Waals surface area contributed by atoms with Crippen molar-refractivity contribution in [3.8, 4) is 5.75 Å². The predicted octanol–water partition coefficient (Wildman–Crippen LogP) is 1.58. The standard InChI is InChI=1S/C23H32N6O4S/c1-5-9-29-19-16-27(4)25-21(19)23(30)24-22(29)18-15-17(7-8-20(18)33-14-6-2)34(31,32)28-12-10-26(3)11-13-28/h6-8,15-16,22H,2,5,9-14H2,1,3-4H3,(H,24,30). The first kappa shape index (κ1) is 24.2. The molecule has 1 atom stereocenters. The monoisotopic (exact) mass is 488 g/mol. The Bertz CT molecular complexity index is 1170. The first-order valence-electron chi connectivity index (χ1n) is 11.4. The number of piperazine rings is 1. The van der Waals surface area contributed by atoms with Crippen LogP contribution in [-0.4, -0.2) is 79.7 Å². The lowest BCUT2D eigenvalue weighted by Gasteiger charge is -2.38. The smallest absolute Gasteiger partial charge is 0.275 e. The van der Waals surface area contributed by atoms with Gasteiger partial charge in [0.1, 0.15) is 18.5 Å². The fraction of sp³-hybridized carbons (Fsp3) is 0.478. The average molecular weight is 489 g/mol. The average Bonchev–Trinajstić information content (AvgIpc) is 3.22. The molecule has 0 bridgehead atoms. The Labute approximate surface area is 200 Å². The molecule has 2 aliphatic heterocycles. The summed E-state index contributed by atoms with van der Waals surface area (Å²) in [6.07, 6.45) is 3.65. The number of likely N-dealkylation sites (N-methyl/N-ethyl adjacent to an activating group) is 1. The summed E-state index contributed by atoms with van der Waals surface area (Å²) in [5, 5.41) is 7.31. The molecule has 10 nitrogen and oxygen atoms in total. The van der Waals surface area contributed by atoms with E-state index in [1.165, 1.54) is 4.31 Å². The number of benzene rings is 1. The van der Waals surface area contributed by atoms with E-state index in [9.17, 15) is 13.2 Å². The molecule has 11 heteroatoms. The molecule has 2 aromatic rings. The van der Waals surface area contributed by atoms with Crippen molar-refractivity contribution in [3.05, 3.63) is 48.3 Å². The number of rotatable bonds is 8. The van der Waals surface area contributed by atoms with Gasteiger partial charge < -0.3 is 19.9 Å². The van der Waals surface area contributed by atoms with E-state index in [0.717, 1.165) is 6.42 Å². The van der Waals surface area contributed by atoms with Crippen molar-refractivity contribution in [1.82, 2.24) is 24.3 Å². The van der Waals surface area contributed by atoms with Gasteiger partial charge >= 0.3 is 0 Å². The second-order valence-electron chi connectivity index (χ2n) is 8.61. The van der Waals surface area contributed by atoms with Gasteiger partial charge in [0.05, 0.1) is 10.6 Å². The third kappa shape index (κ3) is 4.55. The van der Waals surface area contributed by atoms with Crippen molar-refractivity contribution in [2.24, 2.45) is 7.05 Å². The number of aromatic nitrogens is 2. The normalized spacial score (nSPS) is 19.6. The van der Waals surface area contributed by atoms with Gasteiger partial charge in [-0.1, -0.05) is 19.6 Å². The molecule has 2 aliphatic rings. The first-order valence-corrected chi connectivity index (χ1v) is 12.9. The number of aryl methyl sites for hydroxylation is 1. The number of hydrogen-bond acceptors (Lipinski definition) is 7. The van der Waals surface area contributed by atoms with Gasteiger partial charge in [0, 0.05) is 51.5 Å². The second-order valence-corrected chi connectivity index (χ2v) is 10.6. The molecule has 0 saturated carbocycles. The number of sulfonamides is 1. The zero-order chi connectivity index (χ0) is 24.5. The van der Waals surface area contributed by atoms with Crippen molar-refractivity contribution in [2.75, 3.05) is 51.3 Å². The molecule has 184 valence electrons. The Kier molecular flexibility index (Phi) is 6.96. The molecular formula is C23H32N6O4S. The van der Waals surface area contributed by atoms with Gasteiger partial charge in [0.25, 0.3) is 5.91 Å². The molecule has 0 spiro atoms. The summed E-state index contributed by atoms with van der Waals surface area (Å²) >= 11 is 0. The van der Waals surface area contributed by atoms with E-state index in [1.54, 1.807) is 36.0 Å². The molecule has 1 amide bonds. The lowest BCUT2D eigenvalue weighted by Crippen LogP contribution is -2.47. The molecule has 1 aromatic heterocycles. The van der Waals surface area contributed by atoms with Crippen LogP contribution in [0.25, 0.3) is 0 Å². The highest BCUT2D eigenvalue weighted by atomic mass is 32.2. The van der Waals surface area contributed by atoms with Crippen molar-refractivity contribution in [3.63, 3.8) is 0 Å². The summed E-state index contributed by atoms with van der Waals surface area (Å²) in [7, 11) is 0.0508. The summed E-state index contributed by atoms with van der Waals surface area (Å²) in [5.41, 5.74) is 1.63. The summed E-state index contributed by atoms with van der Waals surface area (Å²) in [6, 6.07) is 4.86. The molecule has 1 N–H and O–H groups in total. The Morgan fingerprint density at radius 2 is 1.97 bits per heavy atom. The Hall–Kier alpha value is -2.89. The predicted molar refractivity (Wildman–Crippen MR) is 129 cm³/mol. The summed E-state index contributed by atoms with van der Waals surface area (Å²) in [5.74, 6) is 0.186. The summed E-state index contributed by atoms with van der Waals surface area (Å²) in [6.45, 7) is 8.88. The zero-order valence-corrected chi connectivity index (χ0v) is 20.7. The molecule has 0 radical (unpaired) electrons. The molecule has 3 heterocycles. The number of carbonyl (C=O) groups excluding carboxylic acids is 1. The second kappa shape index (κ2) is 9.77. The van der Waals surface area contributed by atoms with Gasteiger partial charge in [-0.3, -0.25) is 9.48 Å². The lowest BCUT2D eigenvalue weighted by molar-refractivity contribution is 0.0920.